The highest BCUT2D eigenvalue weighted by Gasteiger charge is 2.27. The van der Waals surface area contributed by atoms with Crippen LogP contribution in [-0.4, -0.2) is 37.3 Å². The molecule has 1 saturated heterocycles. The van der Waals surface area contributed by atoms with Gasteiger partial charge in [0, 0.05) is 36.4 Å². The first-order valence-corrected chi connectivity index (χ1v) is 8.83. The van der Waals surface area contributed by atoms with Crippen LogP contribution in [0.3, 0.4) is 0 Å². The zero-order valence-electron chi connectivity index (χ0n) is 14.1. The van der Waals surface area contributed by atoms with Gasteiger partial charge in [-0.05, 0) is 12.1 Å². The quantitative estimate of drug-likeness (QED) is 0.832. The maximum atomic E-state index is 12.1. The van der Waals surface area contributed by atoms with Crippen LogP contribution in [0.2, 0.25) is 10.0 Å². The lowest BCUT2D eigenvalue weighted by Gasteiger charge is -2.26. The largest absolute Gasteiger partial charge is 0.493 e. The Kier molecular flexibility index (Phi) is 5.86. The molecule has 8 heteroatoms. The number of hydrogen-bond acceptors (Lipinski definition) is 5. The van der Waals surface area contributed by atoms with Crippen LogP contribution in [0.5, 0.6) is 11.5 Å². The number of halogens is 2. The Hall–Kier alpha value is -2.02. The Bertz CT molecular complexity index is 803. The second-order valence-corrected chi connectivity index (χ2v) is 6.61. The van der Waals surface area contributed by atoms with E-state index < -0.39 is 5.91 Å². The lowest BCUT2D eigenvalue weighted by molar-refractivity contribution is 0.0247. The molecule has 6 nitrogen and oxygen atoms in total. The van der Waals surface area contributed by atoms with Gasteiger partial charge >= 0.3 is 0 Å². The fourth-order valence-electron chi connectivity index (χ4n) is 2.91. The lowest BCUT2D eigenvalue weighted by atomic mass is 9.97. The van der Waals surface area contributed by atoms with Crippen molar-refractivity contribution in [1.29, 1.82) is 0 Å². The molecule has 0 bridgehead atoms. The lowest BCUT2D eigenvalue weighted by Crippen LogP contribution is -2.26. The van der Waals surface area contributed by atoms with E-state index in [0.29, 0.717) is 35.8 Å². The number of ether oxygens (including phenoxy) is 3. The van der Waals surface area contributed by atoms with E-state index >= 15 is 0 Å². The highest BCUT2D eigenvalue weighted by Crippen LogP contribution is 2.46. The third-order valence-electron chi connectivity index (χ3n) is 4.16. The van der Waals surface area contributed by atoms with Gasteiger partial charge in [0.1, 0.15) is 6.10 Å². The fraction of sp³-hybridized carbons (Fsp3) is 0.333. The van der Waals surface area contributed by atoms with Gasteiger partial charge in [0.05, 0.1) is 35.9 Å². The topological polar surface area (TPSA) is 83.7 Å². The first-order chi connectivity index (χ1) is 12.5. The number of nitrogens with zero attached hydrogens (tertiary/aromatic N) is 1. The molecule has 0 unspecified atom stereocenters. The number of primary amides is 1. The number of methoxy groups -OCH3 is 1. The summed E-state index contributed by atoms with van der Waals surface area (Å²) >= 11 is 12.7. The molecule has 3 rings (SSSR count). The number of benzene rings is 1. The average Bonchev–Trinajstić information content (AvgIpc) is 2.63. The summed E-state index contributed by atoms with van der Waals surface area (Å²) in [6.45, 7) is 1.21. The van der Waals surface area contributed by atoms with E-state index in [2.05, 4.69) is 4.98 Å². The maximum absolute atomic E-state index is 12.1. The van der Waals surface area contributed by atoms with Crippen LogP contribution in [0.1, 0.15) is 23.2 Å². The van der Waals surface area contributed by atoms with Gasteiger partial charge in [-0.25, -0.2) is 0 Å². The van der Waals surface area contributed by atoms with E-state index in [1.807, 2.05) is 0 Å². The van der Waals surface area contributed by atoms with Gasteiger partial charge < -0.3 is 19.9 Å². The van der Waals surface area contributed by atoms with Gasteiger partial charge in [-0.1, -0.05) is 23.2 Å². The van der Waals surface area contributed by atoms with Gasteiger partial charge in [-0.2, -0.15) is 0 Å². The highest BCUT2D eigenvalue weighted by atomic mass is 35.5. The number of rotatable bonds is 5. The number of nitrogens with two attached hydrogens (primary N) is 1. The molecule has 0 aliphatic carbocycles. The molecule has 0 atom stereocenters. The van der Waals surface area contributed by atoms with Crippen molar-refractivity contribution < 1.29 is 19.0 Å². The van der Waals surface area contributed by atoms with E-state index in [4.69, 9.17) is 43.1 Å². The van der Waals surface area contributed by atoms with Crippen LogP contribution in [0.25, 0.3) is 11.1 Å². The number of carbonyl (C=O) groups is 1. The minimum Gasteiger partial charge on any atom is -0.493 e. The van der Waals surface area contributed by atoms with Crippen LogP contribution < -0.4 is 15.2 Å². The standard InChI is InChI=1S/C18H18Cl2N2O4/c1-24-14-3-2-11(18(21)23)15(16-12(19)8-22-9-13(16)20)17(14)26-10-4-6-25-7-5-10/h2-3,8-10H,4-7H2,1H3,(H2,21,23). The first kappa shape index (κ1) is 18.8. The average molecular weight is 397 g/mol. The van der Waals surface area contributed by atoms with E-state index in [1.165, 1.54) is 19.5 Å². The molecule has 2 aromatic rings. The third kappa shape index (κ3) is 3.72. The SMILES string of the molecule is COc1ccc(C(N)=O)c(-c2c(Cl)cncc2Cl)c1OC1CCOCC1. The molecule has 1 aliphatic heterocycles. The Morgan fingerprint density at radius 2 is 1.85 bits per heavy atom. The summed E-state index contributed by atoms with van der Waals surface area (Å²) in [4.78, 5) is 16.0. The van der Waals surface area contributed by atoms with Gasteiger partial charge in [-0.15, -0.1) is 0 Å². The molecule has 138 valence electrons. The Labute approximate surface area is 161 Å². The third-order valence-corrected chi connectivity index (χ3v) is 4.74. The number of aromatic nitrogens is 1. The van der Waals surface area contributed by atoms with Crippen LogP contribution in [0, 0.1) is 0 Å². The van der Waals surface area contributed by atoms with E-state index in [0.717, 1.165) is 12.8 Å². The van der Waals surface area contributed by atoms with Crippen LogP contribution >= 0.6 is 23.2 Å². The minimum atomic E-state index is -0.622. The summed E-state index contributed by atoms with van der Waals surface area (Å²) in [6.07, 6.45) is 4.26. The molecular formula is C18H18Cl2N2O4. The second kappa shape index (κ2) is 8.12. The molecule has 1 aromatic carbocycles. The maximum Gasteiger partial charge on any atom is 0.249 e. The van der Waals surface area contributed by atoms with E-state index in [9.17, 15) is 4.79 Å². The highest BCUT2D eigenvalue weighted by molar-refractivity contribution is 6.39. The molecule has 0 radical (unpaired) electrons. The zero-order chi connectivity index (χ0) is 18.7. The van der Waals surface area contributed by atoms with Gasteiger partial charge in [0.25, 0.3) is 0 Å². The molecule has 1 amide bonds. The fourth-order valence-corrected chi connectivity index (χ4v) is 3.46. The number of amides is 1. The Morgan fingerprint density at radius 1 is 1.19 bits per heavy atom. The van der Waals surface area contributed by atoms with Crippen molar-refractivity contribution in [2.75, 3.05) is 20.3 Å². The summed E-state index contributed by atoms with van der Waals surface area (Å²) in [5.41, 5.74) is 6.66. The summed E-state index contributed by atoms with van der Waals surface area (Å²) in [6, 6.07) is 3.21. The normalized spacial score (nSPS) is 14.9. The predicted molar refractivity (Wildman–Crippen MR) is 99.2 cm³/mol. The van der Waals surface area contributed by atoms with E-state index in [1.54, 1.807) is 12.1 Å². The van der Waals surface area contributed by atoms with Crippen molar-refractivity contribution in [2.45, 2.75) is 18.9 Å². The van der Waals surface area contributed by atoms with Gasteiger partial charge in [-0.3, -0.25) is 9.78 Å². The Balaban J connectivity index is 2.22. The van der Waals surface area contributed by atoms with Crippen molar-refractivity contribution in [3.63, 3.8) is 0 Å². The van der Waals surface area contributed by atoms with Gasteiger partial charge in [0.15, 0.2) is 11.5 Å². The molecule has 2 heterocycles. The van der Waals surface area contributed by atoms with E-state index in [-0.39, 0.29) is 21.7 Å². The van der Waals surface area contributed by atoms with Crippen molar-refractivity contribution in [1.82, 2.24) is 4.98 Å². The Morgan fingerprint density at radius 3 is 2.42 bits per heavy atom. The second-order valence-electron chi connectivity index (χ2n) is 5.79. The molecule has 0 spiro atoms. The minimum absolute atomic E-state index is 0.0843. The number of pyridine rings is 1. The molecule has 1 fully saturated rings. The first-order valence-electron chi connectivity index (χ1n) is 8.07. The summed E-state index contributed by atoms with van der Waals surface area (Å²) in [5, 5.41) is 0.565. The molecule has 1 aromatic heterocycles. The monoisotopic (exact) mass is 396 g/mol. The smallest absolute Gasteiger partial charge is 0.249 e. The van der Waals surface area contributed by atoms with Crippen LogP contribution in [0.15, 0.2) is 24.5 Å². The van der Waals surface area contributed by atoms with Crippen LogP contribution in [0.4, 0.5) is 0 Å². The summed E-state index contributed by atoms with van der Waals surface area (Å²) in [5.74, 6) is 0.217. The molecule has 0 saturated carbocycles. The summed E-state index contributed by atoms with van der Waals surface area (Å²) < 4.78 is 17.0. The van der Waals surface area contributed by atoms with Crippen molar-refractivity contribution in [3.8, 4) is 22.6 Å². The number of carbonyl (C=O) groups excluding carboxylic acids is 1. The molecule has 26 heavy (non-hydrogen) atoms. The van der Waals surface area contributed by atoms with Crippen LogP contribution in [-0.2, 0) is 4.74 Å². The van der Waals surface area contributed by atoms with Crippen molar-refractivity contribution in [3.05, 3.63) is 40.1 Å². The number of hydrogen-bond donors (Lipinski definition) is 1. The summed E-state index contributed by atoms with van der Waals surface area (Å²) in [7, 11) is 1.52. The molecule has 1 aliphatic rings. The van der Waals surface area contributed by atoms with Crippen molar-refractivity contribution in [2.24, 2.45) is 5.73 Å². The van der Waals surface area contributed by atoms with Gasteiger partial charge in [0.2, 0.25) is 5.91 Å². The zero-order valence-corrected chi connectivity index (χ0v) is 15.6. The molecular weight excluding hydrogens is 379 g/mol. The van der Waals surface area contributed by atoms with Crippen molar-refractivity contribution >= 4 is 29.1 Å². The molecule has 2 N–H and O–H groups in total. The predicted octanol–water partition coefficient (Wildman–Crippen LogP) is 3.72.